The maximum atomic E-state index is 12.0. The van der Waals surface area contributed by atoms with Gasteiger partial charge in [0, 0.05) is 10.0 Å². The predicted octanol–water partition coefficient (Wildman–Crippen LogP) is 4.34. The van der Waals surface area contributed by atoms with Crippen LogP contribution in [0.3, 0.4) is 0 Å². The number of halogens is 2. The maximum Gasteiger partial charge on any atom is 0.229 e. The molecule has 0 fully saturated rings. The zero-order chi connectivity index (χ0) is 11.7. The lowest BCUT2D eigenvalue weighted by atomic mass is 10.1. The molecule has 4 heteroatoms. The highest BCUT2D eigenvalue weighted by Crippen LogP contribution is 2.24. The van der Waals surface area contributed by atoms with Crippen LogP contribution in [0.5, 0.6) is 0 Å². The van der Waals surface area contributed by atoms with Crippen LogP contribution in [0.2, 0.25) is 0 Å². The SMILES string of the molecule is Cc1ccc(C(=O)c2occc2Br)cc1Br. The van der Waals surface area contributed by atoms with Crippen LogP contribution in [-0.2, 0) is 0 Å². The van der Waals surface area contributed by atoms with E-state index in [2.05, 4.69) is 31.9 Å². The average Bonchev–Trinajstić information content (AvgIpc) is 2.67. The Labute approximate surface area is 110 Å². The summed E-state index contributed by atoms with van der Waals surface area (Å²) < 4.78 is 6.73. The molecule has 1 heterocycles. The van der Waals surface area contributed by atoms with Crippen molar-refractivity contribution >= 4 is 37.6 Å². The van der Waals surface area contributed by atoms with Gasteiger partial charge in [0.1, 0.15) is 0 Å². The fourth-order valence-electron chi connectivity index (χ4n) is 1.32. The molecule has 0 aliphatic rings. The van der Waals surface area contributed by atoms with Gasteiger partial charge in [-0.15, -0.1) is 0 Å². The number of benzene rings is 1. The largest absolute Gasteiger partial charge is 0.460 e. The molecule has 0 atom stereocenters. The number of carbonyl (C=O) groups excluding carboxylic acids is 1. The Morgan fingerprint density at radius 3 is 2.50 bits per heavy atom. The Balaban J connectivity index is 2.42. The van der Waals surface area contributed by atoms with Crippen molar-refractivity contribution in [3.8, 4) is 0 Å². The molecule has 0 amide bonds. The first-order valence-electron chi connectivity index (χ1n) is 4.63. The molecule has 0 N–H and O–H groups in total. The Morgan fingerprint density at radius 1 is 1.19 bits per heavy atom. The van der Waals surface area contributed by atoms with Gasteiger partial charge in [0.25, 0.3) is 0 Å². The lowest BCUT2D eigenvalue weighted by Crippen LogP contribution is -2.00. The Hall–Kier alpha value is -0.870. The highest BCUT2D eigenvalue weighted by Gasteiger charge is 2.16. The molecule has 0 saturated heterocycles. The monoisotopic (exact) mass is 342 g/mol. The summed E-state index contributed by atoms with van der Waals surface area (Å²) in [7, 11) is 0. The van der Waals surface area contributed by atoms with Gasteiger partial charge in [-0.2, -0.15) is 0 Å². The van der Waals surface area contributed by atoms with Gasteiger partial charge >= 0.3 is 0 Å². The Morgan fingerprint density at radius 2 is 1.94 bits per heavy atom. The second kappa shape index (κ2) is 4.55. The fraction of sp³-hybridized carbons (Fsp3) is 0.0833. The number of hydrogen-bond acceptors (Lipinski definition) is 2. The van der Waals surface area contributed by atoms with Crippen LogP contribution >= 0.6 is 31.9 Å². The van der Waals surface area contributed by atoms with Gasteiger partial charge in [0.2, 0.25) is 5.78 Å². The average molecular weight is 344 g/mol. The number of furan rings is 1. The second-order valence-corrected chi connectivity index (χ2v) is 5.10. The first-order valence-corrected chi connectivity index (χ1v) is 6.22. The molecule has 0 spiro atoms. The third kappa shape index (κ3) is 2.13. The van der Waals surface area contributed by atoms with E-state index in [1.807, 2.05) is 13.0 Å². The molecule has 0 aliphatic heterocycles. The highest BCUT2D eigenvalue weighted by atomic mass is 79.9. The maximum absolute atomic E-state index is 12.0. The van der Waals surface area contributed by atoms with E-state index in [0.717, 1.165) is 10.0 Å². The smallest absolute Gasteiger partial charge is 0.229 e. The fourth-order valence-corrected chi connectivity index (χ4v) is 2.08. The van der Waals surface area contributed by atoms with Gasteiger partial charge < -0.3 is 4.42 Å². The minimum Gasteiger partial charge on any atom is -0.460 e. The van der Waals surface area contributed by atoms with E-state index in [-0.39, 0.29) is 5.78 Å². The van der Waals surface area contributed by atoms with Crippen LogP contribution in [0.4, 0.5) is 0 Å². The number of aryl methyl sites for hydroxylation is 1. The molecule has 0 radical (unpaired) electrons. The van der Waals surface area contributed by atoms with Crippen molar-refractivity contribution in [2.75, 3.05) is 0 Å². The van der Waals surface area contributed by atoms with E-state index in [4.69, 9.17) is 4.42 Å². The summed E-state index contributed by atoms with van der Waals surface area (Å²) in [6.45, 7) is 1.97. The van der Waals surface area contributed by atoms with E-state index in [0.29, 0.717) is 15.8 Å². The predicted molar refractivity (Wildman–Crippen MR) is 68.7 cm³/mol. The summed E-state index contributed by atoms with van der Waals surface area (Å²) in [5.74, 6) is 0.202. The third-order valence-corrected chi connectivity index (χ3v) is 3.74. The summed E-state index contributed by atoms with van der Waals surface area (Å²) in [6, 6.07) is 7.19. The Kier molecular flexibility index (Phi) is 3.30. The van der Waals surface area contributed by atoms with Gasteiger partial charge in [-0.25, -0.2) is 0 Å². The van der Waals surface area contributed by atoms with E-state index in [9.17, 15) is 4.79 Å². The van der Waals surface area contributed by atoms with Crippen LogP contribution in [-0.4, -0.2) is 5.78 Å². The Bertz CT molecular complexity index is 544. The summed E-state index contributed by atoms with van der Waals surface area (Å²) in [4.78, 5) is 12.0. The molecule has 0 saturated carbocycles. The lowest BCUT2D eigenvalue weighted by Gasteiger charge is -2.02. The molecule has 1 aromatic carbocycles. The third-order valence-electron chi connectivity index (χ3n) is 2.26. The van der Waals surface area contributed by atoms with Gasteiger partial charge in [-0.1, -0.05) is 28.1 Å². The van der Waals surface area contributed by atoms with E-state index < -0.39 is 0 Å². The number of carbonyl (C=O) groups is 1. The van der Waals surface area contributed by atoms with E-state index >= 15 is 0 Å². The van der Waals surface area contributed by atoms with E-state index in [1.54, 1.807) is 18.2 Å². The molecule has 2 rings (SSSR count). The van der Waals surface area contributed by atoms with Crippen molar-refractivity contribution in [3.63, 3.8) is 0 Å². The normalized spacial score (nSPS) is 10.4. The summed E-state index contributed by atoms with van der Waals surface area (Å²) in [5, 5.41) is 0. The van der Waals surface area contributed by atoms with Crippen LogP contribution in [0.25, 0.3) is 0 Å². The standard InChI is InChI=1S/C12H8Br2O2/c1-7-2-3-8(6-10(7)14)11(15)12-9(13)4-5-16-12/h2-6H,1H3. The lowest BCUT2D eigenvalue weighted by molar-refractivity contribution is 0.101. The summed E-state index contributed by atoms with van der Waals surface area (Å²) in [6.07, 6.45) is 1.49. The second-order valence-electron chi connectivity index (χ2n) is 3.39. The first-order chi connectivity index (χ1) is 7.59. The minimum absolute atomic E-state index is 0.127. The van der Waals surface area contributed by atoms with Gasteiger partial charge in [0.15, 0.2) is 5.76 Å². The number of ketones is 1. The van der Waals surface area contributed by atoms with Crippen molar-refractivity contribution in [1.29, 1.82) is 0 Å². The zero-order valence-corrected chi connectivity index (χ0v) is 11.6. The molecule has 2 nitrogen and oxygen atoms in total. The molecular formula is C12H8Br2O2. The van der Waals surface area contributed by atoms with E-state index in [1.165, 1.54) is 6.26 Å². The summed E-state index contributed by atoms with van der Waals surface area (Å²) >= 11 is 6.67. The van der Waals surface area contributed by atoms with Crippen LogP contribution in [0.1, 0.15) is 21.7 Å². The zero-order valence-electron chi connectivity index (χ0n) is 8.46. The molecule has 16 heavy (non-hydrogen) atoms. The first kappa shape index (κ1) is 11.6. The van der Waals surface area contributed by atoms with Crippen molar-refractivity contribution in [2.24, 2.45) is 0 Å². The molecule has 82 valence electrons. The number of rotatable bonds is 2. The van der Waals surface area contributed by atoms with Crippen molar-refractivity contribution in [2.45, 2.75) is 6.92 Å². The molecule has 1 aromatic heterocycles. The van der Waals surface area contributed by atoms with Crippen LogP contribution in [0, 0.1) is 6.92 Å². The van der Waals surface area contributed by atoms with Crippen molar-refractivity contribution in [3.05, 3.63) is 56.4 Å². The number of hydrogen-bond donors (Lipinski definition) is 0. The van der Waals surface area contributed by atoms with Crippen molar-refractivity contribution in [1.82, 2.24) is 0 Å². The minimum atomic E-state index is -0.127. The van der Waals surface area contributed by atoms with Gasteiger partial charge in [-0.05, 0) is 40.5 Å². The molecular weight excluding hydrogens is 336 g/mol. The van der Waals surface area contributed by atoms with Crippen molar-refractivity contribution < 1.29 is 9.21 Å². The quantitative estimate of drug-likeness (QED) is 0.759. The van der Waals surface area contributed by atoms with Crippen LogP contribution < -0.4 is 0 Å². The van der Waals surface area contributed by atoms with Gasteiger partial charge in [0.05, 0.1) is 10.7 Å². The topological polar surface area (TPSA) is 30.2 Å². The summed E-state index contributed by atoms with van der Waals surface area (Å²) in [5.41, 5.74) is 1.70. The molecule has 0 aliphatic carbocycles. The highest BCUT2D eigenvalue weighted by molar-refractivity contribution is 9.10. The molecule has 0 bridgehead atoms. The van der Waals surface area contributed by atoms with Gasteiger partial charge in [-0.3, -0.25) is 4.79 Å². The molecule has 2 aromatic rings. The molecule has 0 unspecified atom stereocenters. The van der Waals surface area contributed by atoms with Crippen LogP contribution in [0.15, 0.2) is 43.9 Å².